The molecule has 3 aromatic rings. The minimum atomic E-state index is 0.448. The number of halogens is 2. The molecule has 0 saturated carbocycles. The van der Waals surface area contributed by atoms with Gasteiger partial charge in [-0.3, -0.25) is 0 Å². The van der Waals surface area contributed by atoms with Crippen LogP contribution >= 0.6 is 23.2 Å². The van der Waals surface area contributed by atoms with E-state index in [1.54, 1.807) is 24.5 Å². The van der Waals surface area contributed by atoms with E-state index in [4.69, 9.17) is 23.2 Å². The zero-order valence-electron chi connectivity index (χ0n) is 12.4. The molecule has 114 valence electrons. The van der Waals surface area contributed by atoms with Crippen LogP contribution in [0.5, 0.6) is 0 Å². The van der Waals surface area contributed by atoms with Crippen LogP contribution in [0.2, 0.25) is 10.3 Å². The monoisotopic (exact) mass is 348 g/mol. The number of aromatic nitrogens is 2. The Balaban J connectivity index is 1.89. The van der Waals surface area contributed by atoms with Gasteiger partial charge >= 0.3 is 0 Å². The Morgan fingerprint density at radius 2 is 1.04 bits per heavy atom. The molecule has 2 nitrogen and oxygen atoms in total. The minimum Gasteiger partial charge on any atom is -0.243 e. The number of pyridine rings is 2. The van der Waals surface area contributed by atoms with Gasteiger partial charge in [0.2, 0.25) is 0 Å². The molecule has 0 N–H and O–H groups in total. The van der Waals surface area contributed by atoms with Gasteiger partial charge in [0.1, 0.15) is 10.3 Å². The summed E-state index contributed by atoms with van der Waals surface area (Å²) in [5.41, 5.74) is 3.29. The van der Waals surface area contributed by atoms with Gasteiger partial charge in [-0.25, -0.2) is 9.97 Å². The van der Waals surface area contributed by atoms with E-state index in [1.807, 2.05) is 36.4 Å². The highest BCUT2D eigenvalue weighted by molar-refractivity contribution is 6.29. The van der Waals surface area contributed by atoms with Crippen molar-refractivity contribution >= 4 is 23.2 Å². The molecular weight excluding hydrogens is 339 g/mol. The molecule has 0 aliphatic rings. The lowest BCUT2D eigenvalue weighted by atomic mass is 10.1. The molecule has 0 saturated heterocycles. The van der Waals surface area contributed by atoms with E-state index in [-0.39, 0.29) is 0 Å². The van der Waals surface area contributed by atoms with Crippen molar-refractivity contribution in [1.82, 2.24) is 9.97 Å². The largest absolute Gasteiger partial charge is 0.243 e. The van der Waals surface area contributed by atoms with Crippen LogP contribution in [0.15, 0.2) is 60.9 Å². The first-order valence-corrected chi connectivity index (χ1v) is 7.82. The van der Waals surface area contributed by atoms with Crippen LogP contribution in [0.3, 0.4) is 0 Å². The van der Waals surface area contributed by atoms with E-state index in [2.05, 4.69) is 33.6 Å². The lowest BCUT2D eigenvalue weighted by Crippen LogP contribution is -1.84. The summed E-state index contributed by atoms with van der Waals surface area (Å²) in [6, 6.07) is 14.8. The maximum absolute atomic E-state index is 5.77. The van der Waals surface area contributed by atoms with Gasteiger partial charge in [0.15, 0.2) is 0 Å². The van der Waals surface area contributed by atoms with E-state index in [9.17, 15) is 0 Å². The average Bonchev–Trinajstić information content (AvgIpc) is 2.61. The first-order chi connectivity index (χ1) is 11.7. The standard InChI is InChI=1S/C20H10Cl2N2/c21-19-11-7-15(13-23-19)5-9-17-3-1-2-4-18(17)10-6-16-8-12-20(22)24-14-16/h1-4,7-8,11-14H. The Bertz CT molecular complexity index is 888. The fourth-order valence-corrected chi connectivity index (χ4v) is 2.10. The molecule has 2 heterocycles. The molecule has 0 bridgehead atoms. The number of hydrogen-bond acceptors (Lipinski definition) is 2. The summed E-state index contributed by atoms with van der Waals surface area (Å²) in [6.45, 7) is 0. The second-order valence-electron chi connectivity index (χ2n) is 4.78. The lowest BCUT2D eigenvalue weighted by molar-refractivity contribution is 1.31. The van der Waals surface area contributed by atoms with Crippen LogP contribution in [-0.2, 0) is 0 Å². The molecule has 4 heteroatoms. The first kappa shape index (κ1) is 16.1. The van der Waals surface area contributed by atoms with Gasteiger partial charge in [-0.2, -0.15) is 0 Å². The summed E-state index contributed by atoms with van der Waals surface area (Å²) < 4.78 is 0. The summed E-state index contributed by atoms with van der Waals surface area (Å²) in [5, 5.41) is 0.895. The quantitative estimate of drug-likeness (QED) is 0.438. The Hall–Kier alpha value is -2.78. The maximum Gasteiger partial charge on any atom is 0.129 e. The summed E-state index contributed by atoms with van der Waals surface area (Å²) in [6.07, 6.45) is 3.28. The van der Waals surface area contributed by atoms with Crippen molar-refractivity contribution in [2.45, 2.75) is 0 Å². The second-order valence-corrected chi connectivity index (χ2v) is 5.56. The van der Waals surface area contributed by atoms with Gasteiger partial charge in [-0.1, -0.05) is 59.0 Å². The topological polar surface area (TPSA) is 25.8 Å². The molecule has 0 spiro atoms. The lowest BCUT2D eigenvalue weighted by Gasteiger charge is -1.96. The highest BCUT2D eigenvalue weighted by atomic mass is 35.5. The predicted molar refractivity (Wildman–Crippen MR) is 96.9 cm³/mol. The van der Waals surface area contributed by atoms with E-state index >= 15 is 0 Å². The predicted octanol–water partition coefficient (Wildman–Crippen LogP) is 4.58. The Kier molecular flexibility index (Phi) is 5.14. The van der Waals surface area contributed by atoms with Crippen LogP contribution in [-0.4, -0.2) is 9.97 Å². The van der Waals surface area contributed by atoms with Crippen LogP contribution in [0.4, 0.5) is 0 Å². The van der Waals surface area contributed by atoms with Gasteiger partial charge in [0.05, 0.1) is 0 Å². The molecule has 0 unspecified atom stereocenters. The first-order valence-electron chi connectivity index (χ1n) is 7.07. The molecule has 0 aliphatic heterocycles. The molecule has 0 atom stereocenters. The molecule has 3 rings (SSSR count). The van der Waals surface area contributed by atoms with Crippen LogP contribution in [0.1, 0.15) is 22.3 Å². The smallest absolute Gasteiger partial charge is 0.129 e. The fraction of sp³-hybridized carbons (Fsp3) is 0. The van der Waals surface area contributed by atoms with Crippen molar-refractivity contribution in [3.05, 3.63) is 93.5 Å². The molecule has 0 fully saturated rings. The third-order valence-corrected chi connectivity index (χ3v) is 3.51. The Morgan fingerprint density at radius 1 is 0.583 bits per heavy atom. The zero-order valence-corrected chi connectivity index (χ0v) is 13.9. The van der Waals surface area contributed by atoms with Crippen LogP contribution < -0.4 is 0 Å². The van der Waals surface area contributed by atoms with E-state index in [0.717, 1.165) is 22.3 Å². The maximum atomic E-state index is 5.77. The number of hydrogen-bond donors (Lipinski definition) is 0. The van der Waals surface area contributed by atoms with Gasteiger partial charge in [0.25, 0.3) is 0 Å². The van der Waals surface area contributed by atoms with Gasteiger partial charge in [-0.15, -0.1) is 0 Å². The van der Waals surface area contributed by atoms with Gasteiger partial charge < -0.3 is 0 Å². The van der Waals surface area contributed by atoms with Crippen LogP contribution in [0.25, 0.3) is 0 Å². The molecule has 0 aliphatic carbocycles. The van der Waals surface area contributed by atoms with E-state index in [0.29, 0.717) is 10.3 Å². The Morgan fingerprint density at radius 3 is 1.42 bits per heavy atom. The number of benzene rings is 1. The van der Waals surface area contributed by atoms with Gasteiger partial charge in [-0.05, 0) is 36.4 Å². The molecule has 1 aromatic carbocycles. The fourth-order valence-electron chi connectivity index (χ4n) is 1.88. The third kappa shape index (κ3) is 4.37. The summed E-state index contributed by atoms with van der Waals surface area (Å²) in [7, 11) is 0. The zero-order chi connectivity index (χ0) is 16.8. The van der Waals surface area contributed by atoms with E-state index in [1.165, 1.54) is 0 Å². The number of nitrogens with zero attached hydrogens (tertiary/aromatic N) is 2. The number of rotatable bonds is 0. The molecular formula is C20H10Cl2N2. The molecule has 24 heavy (non-hydrogen) atoms. The highest BCUT2D eigenvalue weighted by Crippen LogP contribution is 2.09. The summed E-state index contributed by atoms with van der Waals surface area (Å²) in [4.78, 5) is 8.03. The normalized spacial score (nSPS) is 9.42. The molecule has 0 amide bonds. The van der Waals surface area contributed by atoms with E-state index < -0.39 is 0 Å². The molecule has 0 radical (unpaired) electrons. The molecule has 2 aromatic heterocycles. The van der Waals surface area contributed by atoms with Crippen molar-refractivity contribution in [3.63, 3.8) is 0 Å². The van der Waals surface area contributed by atoms with Gasteiger partial charge in [0, 0.05) is 34.6 Å². The van der Waals surface area contributed by atoms with Crippen molar-refractivity contribution in [1.29, 1.82) is 0 Å². The van der Waals surface area contributed by atoms with Crippen LogP contribution in [0, 0.1) is 23.7 Å². The van der Waals surface area contributed by atoms with Crippen molar-refractivity contribution in [2.24, 2.45) is 0 Å². The Labute approximate surface area is 150 Å². The minimum absolute atomic E-state index is 0.448. The third-order valence-electron chi connectivity index (χ3n) is 3.06. The second kappa shape index (κ2) is 7.66. The SMILES string of the molecule is Clc1ccc(C#Cc2ccccc2C#Cc2ccc(Cl)nc2)cn1. The van der Waals surface area contributed by atoms with Crippen molar-refractivity contribution < 1.29 is 0 Å². The van der Waals surface area contributed by atoms with Crippen molar-refractivity contribution in [2.75, 3.05) is 0 Å². The van der Waals surface area contributed by atoms with Crippen molar-refractivity contribution in [3.8, 4) is 23.7 Å². The summed E-state index contributed by atoms with van der Waals surface area (Å²) >= 11 is 11.5. The average molecular weight is 349 g/mol. The highest BCUT2D eigenvalue weighted by Gasteiger charge is 1.96. The summed E-state index contributed by atoms with van der Waals surface area (Å²) in [5.74, 6) is 12.4.